The van der Waals surface area contributed by atoms with Gasteiger partial charge in [-0.15, -0.1) is 0 Å². The lowest BCUT2D eigenvalue weighted by atomic mass is 9.95. The molecule has 0 amide bonds. The Bertz CT molecular complexity index is 576. The molecular formula is C17H20N2O. The second kappa shape index (κ2) is 5.65. The maximum absolute atomic E-state index is 5.77. The van der Waals surface area contributed by atoms with Crippen molar-refractivity contribution in [3.63, 3.8) is 0 Å². The van der Waals surface area contributed by atoms with Crippen molar-refractivity contribution in [2.45, 2.75) is 31.9 Å². The topological polar surface area (TPSA) is 47.3 Å². The van der Waals surface area contributed by atoms with Crippen LogP contribution in [0, 0.1) is 6.92 Å². The first-order chi connectivity index (χ1) is 9.78. The summed E-state index contributed by atoms with van der Waals surface area (Å²) < 4.78 is 5.77. The number of aryl methyl sites for hydroxylation is 1. The Morgan fingerprint density at radius 1 is 1.10 bits per heavy atom. The van der Waals surface area contributed by atoms with E-state index < -0.39 is 0 Å². The Balaban J connectivity index is 1.83. The van der Waals surface area contributed by atoms with Crippen LogP contribution in [0.1, 0.15) is 35.6 Å². The minimum atomic E-state index is 0.00572. The largest absolute Gasteiger partial charge is 0.490 e. The fraction of sp³-hybridized carbons (Fsp3) is 0.294. The summed E-state index contributed by atoms with van der Waals surface area (Å²) in [6.07, 6.45) is 2.79. The smallest absolute Gasteiger partial charge is 0.119 e. The second-order valence-electron chi connectivity index (χ2n) is 5.34. The van der Waals surface area contributed by atoms with Crippen molar-refractivity contribution < 1.29 is 4.74 Å². The van der Waals surface area contributed by atoms with E-state index in [-0.39, 0.29) is 6.04 Å². The monoisotopic (exact) mass is 268 g/mol. The summed E-state index contributed by atoms with van der Waals surface area (Å²) in [7, 11) is 0. The van der Waals surface area contributed by atoms with E-state index >= 15 is 0 Å². The molecule has 0 spiro atoms. The molecule has 0 bridgehead atoms. The molecule has 1 atom stereocenters. The van der Waals surface area contributed by atoms with Crippen LogP contribution in [0.4, 0.5) is 0 Å². The number of hydrogen-bond donors (Lipinski definition) is 2. The first-order valence-electron chi connectivity index (χ1n) is 7.06. The Labute approximate surface area is 119 Å². The summed E-state index contributed by atoms with van der Waals surface area (Å²) >= 11 is 0. The highest BCUT2D eigenvalue weighted by atomic mass is 16.5. The highest BCUT2D eigenvalue weighted by Gasteiger charge is 2.23. The lowest BCUT2D eigenvalue weighted by Gasteiger charge is -2.19. The Morgan fingerprint density at radius 3 is 2.40 bits per heavy atom. The van der Waals surface area contributed by atoms with Crippen LogP contribution in [-0.4, -0.2) is 6.10 Å². The van der Waals surface area contributed by atoms with Crippen molar-refractivity contribution in [3.05, 3.63) is 65.2 Å². The highest BCUT2D eigenvalue weighted by Crippen LogP contribution is 2.29. The lowest BCUT2D eigenvalue weighted by molar-refractivity contribution is 0.303. The van der Waals surface area contributed by atoms with Crippen LogP contribution < -0.4 is 16.0 Å². The van der Waals surface area contributed by atoms with Gasteiger partial charge in [0.15, 0.2) is 0 Å². The summed E-state index contributed by atoms with van der Waals surface area (Å²) in [5, 5.41) is 0. The molecule has 20 heavy (non-hydrogen) atoms. The van der Waals surface area contributed by atoms with Gasteiger partial charge in [-0.2, -0.15) is 0 Å². The van der Waals surface area contributed by atoms with Crippen LogP contribution in [-0.2, 0) is 0 Å². The predicted molar refractivity (Wildman–Crippen MR) is 80.4 cm³/mol. The summed E-state index contributed by atoms with van der Waals surface area (Å²) in [6.45, 7) is 2.10. The summed E-state index contributed by atoms with van der Waals surface area (Å²) in [4.78, 5) is 0. The standard InChI is InChI=1S/C17H20N2O/c1-12-4-2-3-5-16(12)17(19-18)13-6-8-14(9-7-13)20-15-10-11-15/h2-9,15,17,19H,10-11,18H2,1H3. The molecule has 1 aliphatic carbocycles. The molecule has 2 aromatic rings. The highest BCUT2D eigenvalue weighted by molar-refractivity contribution is 5.38. The molecular weight excluding hydrogens is 248 g/mol. The molecule has 104 valence electrons. The summed E-state index contributed by atoms with van der Waals surface area (Å²) in [5.41, 5.74) is 6.48. The fourth-order valence-electron chi connectivity index (χ4n) is 2.39. The molecule has 1 aliphatic rings. The molecule has 1 unspecified atom stereocenters. The van der Waals surface area contributed by atoms with Crippen molar-refractivity contribution in [3.8, 4) is 5.75 Å². The van der Waals surface area contributed by atoms with Gasteiger partial charge < -0.3 is 4.74 Å². The van der Waals surface area contributed by atoms with E-state index in [4.69, 9.17) is 10.6 Å². The minimum Gasteiger partial charge on any atom is -0.490 e. The minimum absolute atomic E-state index is 0.00572. The number of nitrogens with one attached hydrogen (secondary N) is 1. The van der Waals surface area contributed by atoms with E-state index in [1.807, 2.05) is 24.3 Å². The quantitative estimate of drug-likeness (QED) is 0.647. The van der Waals surface area contributed by atoms with Gasteiger partial charge in [-0.1, -0.05) is 36.4 Å². The molecule has 3 N–H and O–H groups in total. The van der Waals surface area contributed by atoms with Crippen molar-refractivity contribution in [2.75, 3.05) is 0 Å². The van der Waals surface area contributed by atoms with Crippen molar-refractivity contribution in [1.82, 2.24) is 5.43 Å². The third-order valence-corrected chi connectivity index (χ3v) is 3.71. The summed E-state index contributed by atoms with van der Waals surface area (Å²) in [5.74, 6) is 6.69. The zero-order chi connectivity index (χ0) is 13.9. The van der Waals surface area contributed by atoms with E-state index in [1.165, 1.54) is 24.0 Å². The van der Waals surface area contributed by atoms with Crippen LogP contribution in [0.25, 0.3) is 0 Å². The molecule has 0 aromatic heterocycles. The van der Waals surface area contributed by atoms with E-state index in [1.54, 1.807) is 0 Å². The van der Waals surface area contributed by atoms with Gasteiger partial charge in [0.1, 0.15) is 5.75 Å². The average Bonchev–Trinajstić information content (AvgIpc) is 3.27. The number of rotatable bonds is 5. The van der Waals surface area contributed by atoms with Crippen molar-refractivity contribution >= 4 is 0 Å². The first kappa shape index (κ1) is 13.2. The SMILES string of the molecule is Cc1ccccc1C(NN)c1ccc(OC2CC2)cc1. The molecule has 0 heterocycles. The van der Waals surface area contributed by atoms with E-state index in [0.29, 0.717) is 6.10 Å². The van der Waals surface area contributed by atoms with Gasteiger partial charge in [0, 0.05) is 0 Å². The molecule has 2 aromatic carbocycles. The number of ether oxygens (including phenoxy) is 1. The summed E-state index contributed by atoms with van der Waals surface area (Å²) in [6, 6.07) is 16.5. The first-order valence-corrected chi connectivity index (χ1v) is 7.06. The zero-order valence-corrected chi connectivity index (χ0v) is 11.7. The molecule has 3 heteroatoms. The molecule has 1 fully saturated rings. The van der Waals surface area contributed by atoms with Crippen molar-refractivity contribution in [1.29, 1.82) is 0 Å². The van der Waals surface area contributed by atoms with Gasteiger partial charge >= 0.3 is 0 Å². The normalized spacial score (nSPS) is 15.9. The van der Waals surface area contributed by atoms with Gasteiger partial charge in [0.2, 0.25) is 0 Å². The maximum Gasteiger partial charge on any atom is 0.119 e. The van der Waals surface area contributed by atoms with Gasteiger partial charge in [0.25, 0.3) is 0 Å². The van der Waals surface area contributed by atoms with Gasteiger partial charge in [-0.25, -0.2) is 5.43 Å². The molecule has 1 saturated carbocycles. The van der Waals surface area contributed by atoms with Gasteiger partial charge in [-0.3, -0.25) is 5.84 Å². The number of benzene rings is 2. The van der Waals surface area contributed by atoms with E-state index in [0.717, 1.165) is 11.3 Å². The van der Waals surface area contributed by atoms with Crippen LogP contribution in [0.3, 0.4) is 0 Å². The molecule has 0 aliphatic heterocycles. The molecule has 0 radical (unpaired) electrons. The molecule has 3 rings (SSSR count). The Kier molecular flexibility index (Phi) is 3.72. The predicted octanol–water partition coefficient (Wildman–Crippen LogP) is 3.09. The van der Waals surface area contributed by atoms with Gasteiger partial charge in [-0.05, 0) is 48.6 Å². The van der Waals surface area contributed by atoms with Crippen LogP contribution >= 0.6 is 0 Å². The molecule has 0 saturated heterocycles. The number of hydrogen-bond acceptors (Lipinski definition) is 3. The van der Waals surface area contributed by atoms with Crippen LogP contribution in [0.5, 0.6) is 5.75 Å². The second-order valence-corrected chi connectivity index (χ2v) is 5.34. The Morgan fingerprint density at radius 2 is 1.80 bits per heavy atom. The van der Waals surface area contributed by atoms with Crippen LogP contribution in [0.2, 0.25) is 0 Å². The fourth-order valence-corrected chi connectivity index (χ4v) is 2.39. The number of nitrogens with two attached hydrogens (primary N) is 1. The third kappa shape index (κ3) is 2.84. The lowest BCUT2D eigenvalue weighted by Crippen LogP contribution is -2.29. The Hall–Kier alpha value is -1.84. The zero-order valence-electron chi connectivity index (χ0n) is 11.7. The van der Waals surface area contributed by atoms with E-state index in [9.17, 15) is 0 Å². The van der Waals surface area contributed by atoms with E-state index in [2.05, 4.69) is 36.6 Å². The average molecular weight is 268 g/mol. The van der Waals surface area contributed by atoms with Crippen LogP contribution in [0.15, 0.2) is 48.5 Å². The van der Waals surface area contributed by atoms with Crippen molar-refractivity contribution in [2.24, 2.45) is 5.84 Å². The van der Waals surface area contributed by atoms with Gasteiger partial charge in [0.05, 0.1) is 12.1 Å². The molecule has 3 nitrogen and oxygen atoms in total. The maximum atomic E-state index is 5.77. The third-order valence-electron chi connectivity index (χ3n) is 3.71. The number of hydrazine groups is 1.